The summed E-state index contributed by atoms with van der Waals surface area (Å²) in [5.74, 6) is -0.770. The largest absolute Gasteiger partial charge is 0.394 e. The van der Waals surface area contributed by atoms with Crippen molar-refractivity contribution in [3.8, 4) is 0 Å². The zero-order valence-electron chi connectivity index (χ0n) is 12.0. The summed E-state index contributed by atoms with van der Waals surface area (Å²) in [4.78, 5) is 26.2. The highest BCUT2D eigenvalue weighted by Crippen LogP contribution is 2.36. The Balaban J connectivity index is 2.34. The molecule has 1 atom stereocenters. The SMILES string of the molecule is CCC(CC)(CO)N1C(=O)CC(c2ccccc2)C1=O. The highest BCUT2D eigenvalue weighted by Gasteiger charge is 2.48. The van der Waals surface area contributed by atoms with Crippen molar-refractivity contribution in [1.29, 1.82) is 0 Å². The van der Waals surface area contributed by atoms with Crippen LogP contribution in [0.15, 0.2) is 30.3 Å². The predicted molar refractivity (Wildman–Crippen MR) is 76.1 cm³/mol. The van der Waals surface area contributed by atoms with Crippen molar-refractivity contribution in [3.63, 3.8) is 0 Å². The lowest BCUT2D eigenvalue weighted by atomic mass is 9.91. The van der Waals surface area contributed by atoms with Crippen molar-refractivity contribution in [3.05, 3.63) is 35.9 Å². The van der Waals surface area contributed by atoms with Gasteiger partial charge in [0.2, 0.25) is 11.8 Å². The minimum atomic E-state index is -0.752. The van der Waals surface area contributed by atoms with Crippen LogP contribution in [0.4, 0.5) is 0 Å². The summed E-state index contributed by atoms with van der Waals surface area (Å²) in [6, 6.07) is 9.37. The summed E-state index contributed by atoms with van der Waals surface area (Å²) in [7, 11) is 0. The lowest BCUT2D eigenvalue weighted by Crippen LogP contribution is -2.53. The first kappa shape index (κ1) is 14.7. The Hall–Kier alpha value is -1.68. The van der Waals surface area contributed by atoms with Crippen LogP contribution in [0.5, 0.6) is 0 Å². The number of hydrogen-bond acceptors (Lipinski definition) is 3. The van der Waals surface area contributed by atoms with Crippen LogP contribution >= 0.6 is 0 Å². The van der Waals surface area contributed by atoms with Gasteiger partial charge in [0, 0.05) is 6.42 Å². The van der Waals surface area contributed by atoms with Gasteiger partial charge in [-0.05, 0) is 18.4 Å². The fourth-order valence-corrected chi connectivity index (χ4v) is 2.94. The molecule has 1 aliphatic heterocycles. The van der Waals surface area contributed by atoms with E-state index in [1.54, 1.807) is 0 Å². The molecule has 1 aromatic carbocycles. The van der Waals surface area contributed by atoms with Crippen LogP contribution in [0, 0.1) is 0 Å². The van der Waals surface area contributed by atoms with E-state index in [-0.39, 0.29) is 24.8 Å². The molecule has 1 unspecified atom stereocenters. The quantitative estimate of drug-likeness (QED) is 0.837. The molecular weight excluding hydrogens is 254 g/mol. The van der Waals surface area contributed by atoms with Crippen LogP contribution in [0.3, 0.4) is 0 Å². The molecule has 1 fully saturated rings. The van der Waals surface area contributed by atoms with Crippen LogP contribution in [0.1, 0.15) is 44.6 Å². The summed E-state index contributed by atoms with van der Waals surface area (Å²) in [6.45, 7) is 3.62. The zero-order chi connectivity index (χ0) is 14.8. The molecule has 1 aromatic rings. The Kier molecular flexibility index (Phi) is 4.23. The normalized spacial score (nSPS) is 19.8. The van der Waals surface area contributed by atoms with Crippen LogP contribution in [0.25, 0.3) is 0 Å². The molecule has 1 heterocycles. The number of amides is 2. The first-order valence-electron chi connectivity index (χ1n) is 7.12. The van der Waals surface area contributed by atoms with E-state index in [4.69, 9.17) is 0 Å². The zero-order valence-corrected chi connectivity index (χ0v) is 12.0. The summed E-state index contributed by atoms with van der Waals surface area (Å²) < 4.78 is 0. The fraction of sp³-hybridized carbons (Fsp3) is 0.500. The number of rotatable bonds is 5. The van der Waals surface area contributed by atoms with Gasteiger partial charge >= 0.3 is 0 Å². The third-order valence-electron chi connectivity index (χ3n) is 4.43. The number of aliphatic hydroxyl groups is 1. The van der Waals surface area contributed by atoms with E-state index in [1.165, 1.54) is 4.90 Å². The molecule has 4 heteroatoms. The number of benzene rings is 1. The molecule has 0 spiro atoms. The average molecular weight is 275 g/mol. The number of imide groups is 1. The fourth-order valence-electron chi connectivity index (χ4n) is 2.94. The molecule has 0 radical (unpaired) electrons. The van der Waals surface area contributed by atoms with E-state index in [9.17, 15) is 14.7 Å². The number of hydrogen-bond donors (Lipinski definition) is 1. The second-order valence-corrected chi connectivity index (χ2v) is 5.32. The maximum Gasteiger partial charge on any atom is 0.237 e. The molecule has 2 amide bonds. The van der Waals surface area contributed by atoms with Gasteiger partial charge in [0.1, 0.15) is 0 Å². The first-order valence-corrected chi connectivity index (χ1v) is 7.12. The van der Waals surface area contributed by atoms with E-state index in [0.29, 0.717) is 12.8 Å². The van der Waals surface area contributed by atoms with Gasteiger partial charge in [-0.1, -0.05) is 44.2 Å². The van der Waals surface area contributed by atoms with Crippen molar-refractivity contribution in [1.82, 2.24) is 4.90 Å². The molecule has 0 aliphatic carbocycles. The van der Waals surface area contributed by atoms with E-state index in [2.05, 4.69) is 0 Å². The monoisotopic (exact) mass is 275 g/mol. The van der Waals surface area contributed by atoms with E-state index < -0.39 is 11.5 Å². The number of aliphatic hydroxyl groups excluding tert-OH is 1. The van der Waals surface area contributed by atoms with Gasteiger partial charge in [0.15, 0.2) is 0 Å². The van der Waals surface area contributed by atoms with Gasteiger partial charge in [0.25, 0.3) is 0 Å². The number of nitrogens with zero attached hydrogens (tertiary/aromatic N) is 1. The molecule has 1 saturated heterocycles. The van der Waals surface area contributed by atoms with Crippen molar-refractivity contribution < 1.29 is 14.7 Å². The number of carbonyl (C=O) groups is 2. The van der Waals surface area contributed by atoms with Gasteiger partial charge in [0.05, 0.1) is 18.1 Å². The Morgan fingerprint density at radius 3 is 2.30 bits per heavy atom. The van der Waals surface area contributed by atoms with Gasteiger partial charge in [-0.2, -0.15) is 0 Å². The third-order valence-corrected chi connectivity index (χ3v) is 4.43. The van der Waals surface area contributed by atoms with Crippen LogP contribution in [-0.4, -0.2) is 34.0 Å². The molecular formula is C16H21NO3. The second kappa shape index (κ2) is 5.75. The Bertz CT molecular complexity index is 485. The van der Waals surface area contributed by atoms with E-state index >= 15 is 0 Å². The molecule has 0 aromatic heterocycles. The predicted octanol–water partition coefficient (Wildman–Crippen LogP) is 2.08. The molecule has 2 rings (SSSR count). The summed E-state index contributed by atoms with van der Waals surface area (Å²) in [5, 5.41) is 9.68. The van der Waals surface area contributed by atoms with Crippen molar-refractivity contribution in [2.24, 2.45) is 0 Å². The maximum absolute atomic E-state index is 12.6. The second-order valence-electron chi connectivity index (χ2n) is 5.32. The average Bonchev–Trinajstić information content (AvgIpc) is 2.79. The minimum absolute atomic E-state index is 0.179. The van der Waals surface area contributed by atoms with Crippen molar-refractivity contribution in [2.75, 3.05) is 6.61 Å². The molecule has 20 heavy (non-hydrogen) atoms. The van der Waals surface area contributed by atoms with E-state index in [1.807, 2.05) is 44.2 Å². The number of carbonyl (C=O) groups excluding carboxylic acids is 2. The minimum Gasteiger partial charge on any atom is -0.394 e. The van der Waals surface area contributed by atoms with Gasteiger partial charge < -0.3 is 5.11 Å². The lowest BCUT2D eigenvalue weighted by Gasteiger charge is -2.38. The molecule has 0 saturated carbocycles. The standard InChI is InChI=1S/C16H21NO3/c1-3-16(4-2,11-18)17-14(19)10-13(15(17)20)12-8-6-5-7-9-12/h5-9,13,18H,3-4,10-11H2,1-2H3. The van der Waals surface area contributed by atoms with Crippen LogP contribution in [0.2, 0.25) is 0 Å². The van der Waals surface area contributed by atoms with Gasteiger partial charge in [-0.15, -0.1) is 0 Å². The Labute approximate surface area is 119 Å². The van der Waals surface area contributed by atoms with Gasteiger partial charge in [-0.25, -0.2) is 0 Å². The Morgan fingerprint density at radius 1 is 1.20 bits per heavy atom. The summed E-state index contributed by atoms with van der Waals surface area (Å²) in [5.41, 5.74) is 0.116. The summed E-state index contributed by atoms with van der Waals surface area (Å²) >= 11 is 0. The van der Waals surface area contributed by atoms with Crippen molar-refractivity contribution in [2.45, 2.75) is 44.6 Å². The molecule has 108 valence electrons. The highest BCUT2D eigenvalue weighted by atomic mass is 16.3. The Morgan fingerprint density at radius 2 is 1.80 bits per heavy atom. The molecule has 0 bridgehead atoms. The van der Waals surface area contributed by atoms with Crippen LogP contribution in [-0.2, 0) is 9.59 Å². The summed E-state index contributed by atoms with van der Waals surface area (Å²) in [6.07, 6.45) is 1.34. The first-order chi connectivity index (χ1) is 9.59. The molecule has 4 nitrogen and oxygen atoms in total. The van der Waals surface area contributed by atoms with Crippen molar-refractivity contribution >= 4 is 11.8 Å². The lowest BCUT2D eigenvalue weighted by molar-refractivity contribution is -0.148. The smallest absolute Gasteiger partial charge is 0.237 e. The van der Waals surface area contributed by atoms with Gasteiger partial charge in [-0.3, -0.25) is 14.5 Å². The topological polar surface area (TPSA) is 57.6 Å². The molecule has 1 aliphatic rings. The number of likely N-dealkylation sites (tertiary alicyclic amines) is 1. The highest BCUT2D eigenvalue weighted by molar-refractivity contribution is 6.07. The third kappa shape index (κ3) is 2.24. The molecule has 1 N–H and O–H groups in total. The van der Waals surface area contributed by atoms with Crippen LogP contribution < -0.4 is 0 Å². The van der Waals surface area contributed by atoms with E-state index in [0.717, 1.165) is 5.56 Å². The maximum atomic E-state index is 12.6.